The molecular formula is C84H93F6N15O9S. The quantitative estimate of drug-likeness (QED) is 0.0434. The monoisotopic (exact) mass is 1600 g/mol. The maximum absolute atomic E-state index is 14.6. The van der Waals surface area contributed by atoms with Gasteiger partial charge in [0, 0.05) is 104 Å². The van der Waals surface area contributed by atoms with Crippen molar-refractivity contribution in [2.24, 2.45) is 0 Å². The molecule has 2 amide bonds. The molecule has 0 unspecified atom stereocenters. The summed E-state index contributed by atoms with van der Waals surface area (Å²) in [6.07, 6.45) is 10.7. The van der Waals surface area contributed by atoms with Gasteiger partial charge in [-0.25, -0.2) is 36.8 Å². The first kappa shape index (κ1) is 83.9. The number of hydrogen-bond donors (Lipinski definition) is 4. The number of alkyl halides is 3. The lowest BCUT2D eigenvalue weighted by Gasteiger charge is -2.29. The minimum atomic E-state index is -4.40. The van der Waals surface area contributed by atoms with Gasteiger partial charge in [-0.15, -0.1) is 10.2 Å². The van der Waals surface area contributed by atoms with Gasteiger partial charge in [0.05, 0.1) is 68.0 Å². The van der Waals surface area contributed by atoms with Crippen LogP contribution in [0, 0.1) is 24.4 Å². The van der Waals surface area contributed by atoms with E-state index >= 15 is 0 Å². The van der Waals surface area contributed by atoms with E-state index in [-0.39, 0.29) is 72.5 Å². The van der Waals surface area contributed by atoms with Crippen molar-refractivity contribution in [3.05, 3.63) is 210 Å². The molecule has 0 bridgehead atoms. The number of imidazole rings is 1. The summed E-state index contributed by atoms with van der Waals surface area (Å²) in [7, 11) is 5.18. The van der Waals surface area contributed by atoms with Crippen molar-refractivity contribution in [1.82, 2.24) is 49.4 Å². The molecule has 7 heterocycles. The van der Waals surface area contributed by atoms with Crippen LogP contribution in [-0.2, 0) is 21.1 Å². The van der Waals surface area contributed by atoms with Gasteiger partial charge in [0.15, 0.2) is 38.4 Å². The van der Waals surface area contributed by atoms with Crippen molar-refractivity contribution >= 4 is 67.5 Å². The van der Waals surface area contributed by atoms with Crippen molar-refractivity contribution < 1.29 is 68.0 Å². The number of aryl methyl sites for hydroxylation is 1. The van der Waals surface area contributed by atoms with Gasteiger partial charge in [-0.05, 0) is 155 Å². The molecule has 0 radical (unpaired) electrons. The molecule has 4 aliphatic rings. The first-order valence-electron chi connectivity index (χ1n) is 36.8. The lowest BCUT2D eigenvalue weighted by atomic mass is 10.00. The zero-order valence-corrected chi connectivity index (χ0v) is 64.2. The van der Waals surface area contributed by atoms with E-state index in [0.29, 0.717) is 63.6 Å². The van der Waals surface area contributed by atoms with Crippen LogP contribution in [0.1, 0.15) is 118 Å². The Kier molecular flexibility index (Phi) is 26.3. The third kappa shape index (κ3) is 20.0. The molecule has 11 aromatic rings. The number of fused-ring (bicyclic) bond motifs is 3. The number of aromatic nitrogens is 8. The average Bonchev–Trinajstić information content (AvgIpc) is 1.63. The zero-order valence-electron chi connectivity index (χ0n) is 63.4. The van der Waals surface area contributed by atoms with Crippen LogP contribution in [0.3, 0.4) is 0 Å². The molecule has 2 aliphatic carbocycles. The van der Waals surface area contributed by atoms with Crippen LogP contribution >= 0.6 is 0 Å². The number of sulfone groups is 1. The number of hydrogen-bond acceptors (Lipinski definition) is 20. The molecule has 31 heteroatoms. The predicted octanol–water partition coefficient (Wildman–Crippen LogP) is 17.0. The maximum atomic E-state index is 14.6. The molecule has 6 aromatic carbocycles. The smallest absolute Gasteiger partial charge is 0.390 e. The summed E-state index contributed by atoms with van der Waals surface area (Å²) in [6.45, 7) is 9.56. The molecule has 15 rings (SSSR count). The fraction of sp³-hybridized carbons (Fsp3) is 0.333. The third-order valence-electron chi connectivity index (χ3n) is 20.0. The Bertz CT molecular complexity index is 5440. The number of rotatable bonds is 23. The number of nitrogens with zero attached hydrogens (tertiary/aromatic N) is 11. The van der Waals surface area contributed by atoms with Crippen LogP contribution in [0.2, 0.25) is 0 Å². The highest BCUT2D eigenvalue weighted by molar-refractivity contribution is 7.90. The molecule has 2 saturated carbocycles. The molecule has 2 aliphatic heterocycles. The number of likely N-dealkylation sites (tertiary alicyclic amines) is 1. The van der Waals surface area contributed by atoms with E-state index in [4.69, 9.17) is 28.7 Å². The number of anilines is 6. The molecule has 24 nitrogen and oxygen atoms in total. The summed E-state index contributed by atoms with van der Waals surface area (Å²) in [5, 5.41) is 20.4. The second-order valence-electron chi connectivity index (χ2n) is 28.1. The minimum absolute atomic E-state index is 0. The van der Waals surface area contributed by atoms with Crippen molar-refractivity contribution in [1.29, 1.82) is 0 Å². The summed E-state index contributed by atoms with van der Waals surface area (Å²) < 4.78 is 135. The van der Waals surface area contributed by atoms with Crippen LogP contribution in [0.4, 0.5) is 60.9 Å². The molecule has 1 saturated heterocycles. The number of nitrogens with one attached hydrogen (secondary N) is 4. The standard InChI is InChI=1S/C29H26FN5O4S.C27H24F5N5O3.C26H35N5O2.2CH4/c1-18(19-4-9-22(30)10-5-19)28(36)31-23-11-6-20(7-12-23)21-8-15-27-33-29(34-35(27)17-21)32-25-14-13-24(40(3,37)38)16-26(25)39-2;1-14-11-15(3-6-17(14)26(38)35-16-4-5-16)19-13-34-25-18(33-10-9-27(30,31)32)12-22(36-37(19)25)40-21-8-7-20(39-2)23(28)24(21)29;1-18-30(3)23-17-27-25(28-26(23)31(18)20-7-5-6-8-20)15-19-9-10-22(16-24(19)32-4)33-21-11-13-29(2)14-12-21;;/h4-18H,1-3H3,(H,31,36)(H,32,34);3,6-8,11-13,16,33H,4-5,9-10H2,1-2H3,(H,35,38);9-10,16-17,20-21H,1,5-8,11-15H2,2-4H3;2*1H4/t18-;;;;/m1..../s1. The largest absolute Gasteiger partial charge is 0.496 e. The third-order valence-corrected chi connectivity index (χ3v) is 21.2. The summed E-state index contributed by atoms with van der Waals surface area (Å²) in [4.78, 5) is 50.6. The SMILES string of the molecule is C.C.C=C1N(C)c2cnc(Cc3ccc(OC4CCN(C)CC4)cc3OC)nc2N1C1CCCC1.COc1cc(S(C)(=O)=O)ccc1Nc1nc2ccc(-c3ccc(NC(=O)[C@H](C)c4ccc(F)cc4)cc3)cn2n1.COc1ccc(Oc2cc(NCCC(F)(F)F)c3ncc(-c4ccc(C(=O)NC5CC5)c(C)c4)n3n2)c(F)c1F. The van der Waals surface area contributed by atoms with Crippen molar-refractivity contribution in [2.45, 2.75) is 128 Å². The van der Waals surface area contributed by atoms with E-state index in [1.807, 2.05) is 68.0 Å². The van der Waals surface area contributed by atoms with Crippen LogP contribution in [0.15, 0.2) is 169 Å². The second-order valence-corrected chi connectivity index (χ2v) is 30.2. The van der Waals surface area contributed by atoms with Gasteiger partial charge in [0.25, 0.3) is 5.91 Å². The minimum Gasteiger partial charge on any atom is -0.496 e. The van der Waals surface area contributed by atoms with E-state index in [2.05, 4.69) is 80.8 Å². The van der Waals surface area contributed by atoms with Crippen molar-refractivity contribution in [2.75, 3.05) is 87.1 Å². The lowest BCUT2D eigenvalue weighted by Crippen LogP contribution is -2.35. The van der Waals surface area contributed by atoms with Gasteiger partial charge in [-0.3, -0.25) is 9.59 Å². The molecular weight excluding hydrogens is 1510 g/mol. The highest BCUT2D eigenvalue weighted by atomic mass is 32.2. The number of piperidine rings is 1. The van der Waals surface area contributed by atoms with E-state index in [0.717, 1.165) is 108 Å². The lowest BCUT2D eigenvalue weighted by molar-refractivity contribution is -0.131. The number of carbonyl (C=O) groups is 2. The van der Waals surface area contributed by atoms with Gasteiger partial charge in [-0.2, -0.15) is 26.9 Å². The Labute approximate surface area is 663 Å². The number of halogens is 6. The Morgan fingerprint density at radius 1 is 0.713 bits per heavy atom. The van der Waals surface area contributed by atoms with Gasteiger partial charge in [0.2, 0.25) is 29.4 Å². The number of benzene rings is 6. The second kappa shape index (κ2) is 36.0. The van der Waals surface area contributed by atoms with E-state index in [1.54, 1.807) is 61.9 Å². The van der Waals surface area contributed by atoms with Gasteiger partial charge < -0.3 is 59.7 Å². The fourth-order valence-corrected chi connectivity index (χ4v) is 14.1. The average molecular weight is 1600 g/mol. The first-order valence-corrected chi connectivity index (χ1v) is 38.7. The normalized spacial score (nSPS) is 14.6. The highest BCUT2D eigenvalue weighted by Gasteiger charge is 2.37. The van der Waals surface area contributed by atoms with Crippen molar-refractivity contribution in [3.63, 3.8) is 0 Å². The highest BCUT2D eigenvalue weighted by Crippen LogP contribution is 2.44. The topological polar surface area (TPSA) is 258 Å². The Balaban J connectivity index is 0.000000169. The van der Waals surface area contributed by atoms with E-state index in [1.165, 1.54) is 87.0 Å². The summed E-state index contributed by atoms with van der Waals surface area (Å²) in [5.41, 5.74) is 8.95. The number of ether oxygens (including phenoxy) is 5. The summed E-state index contributed by atoms with van der Waals surface area (Å²) in [5.74, 6) is 0.320. The fourth-order valence-electron chi connectivity index (χ4n) is 13.5. The Morgan fingerprint density at radius 3 is 2.08 bits per heavy atom. The summed E-state index contributed by atoms with van der Waals surface area (Å²) in [6, 6.07) is 37.1. The predicted molar refractivity (Wildman–Crippen MR) is 432 cm³/mol. The number of carbonyl (C=O) groups excluding carboxylic acids is 2. The van der Waals surface area contributed by atoms with E-state index in [9.17, 15) is 44.3 Å². The molecule has 4 N–H and O–H groups in total. The zero-order chi connectivity index (χ0) is 80.0. The Morgan fingerprint density at radius 2 is 1.40 bits per heavy atom. The van der Waals surface area contributed by atoms with Crippen LogP contribution in [-0.4, -0.2) is 150 Å². The van der Waals surface area contributed by atoms with Gasteiger partial charge in [-0.1, -0.05) is 70.7 Å². The van der Waals surface area contributed by atoms with Crippen LogP contribution in [0.5, 0.6) is 34.6 Å². The number of amides is 2. The number of methoxy groups -OCH3 is 3. The summed E-state index contributed by atoms with van der Waals surface area (Å²) >= 11 is 0. The van der Waals surface area contributed by atoms with Crippen LogP contribution in [0.25, 0.3) is 33.7 Å². The van der Waals surface area contributed by atoms with E-state index < -0.39 is 52.3 Å². The molecule has 5 aromatic heterocycles. The molecule has 3 fully saturated rings. The Hall–Kier alpha value is -12.0. The maximum Gasteiger partial charge on any atom is 0.390 e. The van der Waals surface area contributed by atoms with Crippen LogP contribution < -0.4 is 54.8 Å². The molecule has 606 valence electrons. The molecule has 0 spiro atoms. The molecule has 115 heavy (non-hydrogen) atoms. The number of pyridine rings is 1. The van der Waals surface area contributed by atoms with Gasteiger partial charge in [0.1, 0.15) is 46.5 Å². The van der Waals surface area contributed by atoms with Gasteiger partial charge >= 0.3 is 6.18 Å². The first-order chi connectivity index (χ1) is 54.2. The molecule has 1 atom stereocenters. The van der Waals surface area contributed by atoms with Crippen molar-refractivity contribution in [3.8, 4) is 57.0 Å².